The molecule has 0 aliphatic carbocycles. The number of terminal acetylenes is 1. The predicted molar refractivity (Wildman–Crippen MR) is 103 cm³/mol. The van der Waals surface area contributed by atoms with Crippen molar-refractivity contribution < 1.29 is 4.21 Å². The van der Waals surface area contributed by atoms with Crippen LogP contribution in [0.5, 0.6) is 0 Å². The normalized spacial score (nSPS) is 19.0. The van der Waals surface area contributed by atoms with Gasteiger partial charge in [-0.3, -0.25) is 8.61 Å². The summed E-state index contributed by atoms with van der Waals surface area (Å²) in [4.78, 5) is 21.0. The van der Waals surface area contributed by atoms with E-state index in [9.17, 15) is 4.21 Å². The number of anilines is 1. The number of fused-ring (bicyclic) bond motifs is 3. The molecule has 0 spiro atoms. The van der Waals surface area contributed by atoms with Gasteiger partial charge in [0.1, 0.15) is 4.90 Å². The van der Waals surface area contributed by atoms with Crippen LogP contribution in [-0.2, 0) is 17.2 Å². The van der Waals surface area contributed by atoms with Crippen molar-refractivity contribution in [3.05, 3.63) is 47.9 Å². The van der Waals surface area contributed by atoms with E-state index in [1.54, 1.807) is 18.6 Å². The number of hydrogen-bond donors (Lipinski definition) is 0. The molecule has 2 aliphatic heterocycles. The Hall–Kier alpha value is -3.05. The number of aryl methyl sites for hydroxylation is 1. The summed E-state index contributed by atoms with van der Waals surface area (Å²) >= 11 is 0. The lowest BCUT2D eigenvalue weighted by atomic mass is 10.1. The molecule has 0 fully saturated rings. The number of rotatable bonds is 2. The first-order valence-corrected chi connectivity index (χ1v) is 10.0. The SMILES string of the molecule is C#Cc1cnc(C2=CCN(c3nc4c(c5nccn35)S(=O)CC4)CC2)nc1. The number of hydrogen-bond acceptors (Lipinski definition) is 6. The van der Waals surface area contributed by atoms with Gasteiger partial charge in [0.25, 0.3) is 0 Å². The van der Waals surface area contributed by atoms with E-state index >= 15 is 0 Å². The lowest BCUT2D eigenvalue weighted by Gasteiger charge is -2.28. The molecule has 5 heterocycles. The third-order valence-electron chi connectivity index (χ3n) is 4.91. The Morgan fingerprint density at radius 2 is 2.04 bits per heavy atom. The smallest absolute Gasteiger partial charge is 0.211 e. The van der Waals surface area contributed by atoms with E-state index in [2.05, 4.69) is 31.8 Å². The van der Waals surface area contributed by atoms with Crippen LogP contribution in [0.15, 0.2) is 35.8 Å². The third kappa shape index (κ3) is 2.62. The van der Waals surface area contributed by atoms with E-state index in [-0.39, 0.29) is 0 Å². The van der Waals surface area contributed by atoms with Crippen molar-refractivity contribution >= 4 is 28.0 Å². The first kappa shape index (κ1) is 16.1. The van der Waals surface area contributed by atoms with Crippen LogP contribution >= 0.6 is 0 Å². The van der Waals surface area contributed by atoms with Gasteiger partial charge in [-0.05, 0) is 12.0 Å². The zero-order chi connectivity index (χ0) is 18.4. The van der Waals surface area contributed by atoms with Gasteiger partial charge in [-0.15, -0.1) is 6.42 Å². The topological polar surface area (TPSA) is 76.3 Å². The van der Waals surface area contributed by atoms with Gasteiger partial charge in [0.15, 0.2) is 11.5 Å². The molecule has 7 nitrogen and oxygen atoms in total. The minimum Gasteiger partial charge on any atom is -0.338 e. The fourth-order valence-electron chi connectivity index (χ4n) is 3.53. The Labute approximate surface area is 158 Å². The van der Waals surface area contributed by atoms with Crippen molar-refractivity contribution in [2.75, 3.05) is 23.7 Å². The lowest BCUT2D eigenvalue weighted by Crippen LogP contribution is -2.31. The predicted octanol–water partition coefficient (Wildman–Crippen LogP) is 1.46. The van der Waals surface area contributed by atoms with Gasteiger partial charge in [0.05, 0.1) is 22.1 Å². The molecule has 0 saturated carbocycles. The molecule has 3 aromatic heterocycles. The fourth-order valence-corrected chi connectivity index (χ4v) is 4.87. The molecule has 27 heavy (non-hydrogen) atoms. The van der Waals surface area contributed by atoms with Crippen LogP contribution in [0.1, 0.15) is 23.5 Å². The highest BCUT2D eigenvalue weighted by Crippen LogP contribution is 2.30. The maximum atomic E-state index is 12.3. The van der Waals surface area contributed by atoms with Gasteiger partial charge in [0, 0.05) is 50.1 Å². The summed E-state index contributed by atoms with van der Waals surface area (Å²) in [5, 5.41) is 0. The van der Waals surface area contributed by atoms with Crippen LogP contribution in [0, 0.1) is 12.3 Å². The van der Waals surface area contributed by atoms with Crippen LogP contribution < -0.4 is 4.90 Å². The molecule has 5 rings (SSSR count). The monoisotopic (exact) mass is 376 g/mol. The van der Waals surface area contributed by atoms with Crippen molar-refractivity contribution in [1.29, 1.82) is 0 Å². The van der Waals surface area contributed by atoms with Gasteiger partial charge in [-0.25, -0.2) is 19.9 Å². The summed E-state index contributed by atoms with van der Waals surface area (Å²) in [6, 6.07) is 0. The van der Waals surface area contributed by atoms with E-state index in [1.807, 2.05) is 10.6 Å². The summed E-state index contributed by atoms with van der Waals surface area (Å²) in [7, 11) is -1.00. The summed E-state index contributed by atoms with van der Waals surface area (Å²) in [6.45, 7) is 1.51. The minimum absolute atomic E-state index is 0.628. The van der Waals surface area contributed by atoms with E-state index in [1.165, 1.54) is 0 Å². The summed E-state index contributed by atoms with van der Waals surface area (Å²) in [5.74, 6) is 4.73. The van der Waals surface area contributed by atoms with E-state index in [4.69, 9.17) is 11.4 Å². The Kier molecular flexibility index (Phi) is 3.76. The van der Waals surface area contributed by atoms with Gasteiger partial charge < -0.3 is 4.90 Å². The van der Waals surface area contributed by atoms with E-state index in [0.29, 0.717) is 17.9 Å². The first-order chi connectivity index (χ1) is 13.2. The van der Waals surface area contributed by atoms with Crippen molar-refractivity contribution in [3.63, 3.8) is 0 Å². The molecule has 3 aromatic rings. The van der Waals surface area contributed by atoms with Crippen molar-refractivity contribution in [1.82, 2.24) is 24.3 Å². The first-order valence-electron chi connectivity index (χ1n) is 8.72. The van der Waals surface area contributed by atoms with Gasteiger partial charge in [-0.2, -0.15) is 0 Å². The maximum absolute atomic E-state index is 12.3. The zero-order valence-corrected chi connectivity index (χ0v) is 15.3. The lowest BCUT2D eigenvalue weighted by molar-refractivity contribution is 0.685. The summed E-state index contributed by atoms with van der Waals surface area (Å²) in [6.07, 6.45) is 16.0. The molecule has 0 bridgehead atoms. The Morgan fingerprint density at radius 3 is 2.78 bits per heavy atom. The second-order valence-electron chi connectivity index (χ2n) is 6.47. The minimum atomic E-state index is -1.00. The van der Waals surface area contributed by atoms with Crippen molar-refractivity contribution in [2.45, 2.75) is 17.7 Å². The molecule has 1 unspecified atom stereocenters. The van der Waals surface area contributed by atoms with Crippen molar-refractivity contribution in [2.24, 2.45) is 0 Å². The zero-order valence-electron chi connectivity index (χ0n) is 14.5. The van der Waals surface area contributed by atoms with Crippen molar-refractivity contribution in [3.8, 4) is 12.3 Å². The number of aromatic nitrogens is 5. The molecule has 1 atom stereocenters. The van der Waals surface area contributed by atoms with Crippen LogP contribution in [0.2, 0.25) is 0 Å². The molecule has 0 aromatic carbocycles. The second-order valence-corrected chi connectivity index (χ2v) is 7.98. The Bertz CT molecular complexity index is 1140. The van der Waals surface area contributed by atoms with Gasteiger partial charge in [0.2, 0.25) is 5.95 Å². The van der Waals surface area contributed by atoms with Gasteiger partial charge in [-0.1, -0.05) is 12.0 Å². The van der Waals surface area contributed by atoms with Gasteiger partial charge >= 0.3 is 0 Å². The number of nitrogens with zero attached hydrogens (tertiary/aromatic N) is 6. The molecular formula is C19H16N6OS. The van der Waals surface area contributed by atoms with Crippen LogP contribution in [0.3, 0.4) is 0 Å². The van der Waals surface area contributed by atoms with Crippen LogP contribution in [-0.4, -0.2) is 47.4 Å². The standard InChI is InChI=1S/C19H16N6OS/c1-2-13-11-21-17(22-12-13)14-3-7-24(8-4-14)19-23-15-5-10-27(26)16(15)18-20-6-9-25(18)19/h1,3,6,9,11-12H,4-5,7-8,10H2. The molecule has 0 saturated heterocycles. The third-order valence-corrected chi connectivity index (χ3v) is 6.35. The molecule has 8 heteroatoms. The molecule has 2 aliphatic rings. The summed E-state index contributed by atoms with van der Waals surface area (Å²) < 4.78 is 14.2. The number of imidazole rings is 1. The van der Waals surface area contributed by atoms with E-state index in [0.717, 1.165) is 53.0 Å². The highest BCUT2D eigenvalue weighted by molar-refractivity contribution is 7.85. The second kappa shape index (κ2) is 6.28. The molecule has 0 N–H and O–H groups in total. The quantitative estimate of drug-likeness (QED) is 0.630. The molecular weight excluding hydrogens is 360 g/mol. The highest BCUT2D eigenvalue weighted by atomic mass is 32.2. The van der Waals surface area contributed by atoms with E-state index < -0.39 is 10.8 Å². The maximum Gasteiger partial charge on any atom is 0.211 e. The molecule has 0 amide bonds. The summed E-state index contributed by atoms with van der Waals surface area (Å²) in [5.41, 5.74) is 3.46. The largest absolute Gasteiger partial charge is 0.338 e. The average molecular weight is 376 g/mol. The van der Waals surface area contributed by atoms with Crippen LogP contribution in [0.25, 0.3) is 11.2 Å². The molecule has 134 valence electrons. The fraction of sp³-hybridized carbons (Fsp3) is 0.263. The average Bonchev–Trinajstić information content (AvgIpc) is 3.34. The molecule has 0 radical (unpaired) electrons. The van der Waals surface area contributed by atoms with Crippen LogP contribution in [0.4, 0.5) is 5.95 Å². The Morgan fingerprint density at radius 1 is 1.19 bits per heavy atom. The Balaban J connectivity index is 1.47. The highest BCUT2D eigenvalue weighted by Gasteiger charge is 2.27.